The Hall–Kier alpha value is -2.83. The number of nitrogens with zero attached hydrogens (tertiary/aromatic N) is 3. The van der Waals surface area contributed by atoms with Crippen molar-refractivity contribution in [3.63, 3.8) is 0 Å². The molecule has 0 atom stereocenters. The van der Waals surface area contributed by atoms with Crippen LogP contribution < -0.4 is 4.74 Å². The Morgan fingerprint density at radius 2 is 2.04 bits per heavy atom. The highest BCUT2D eigenvalue weighted by Crippen LogP contribution is 2.42. The van der Waals surface area contributed by atoms with Gasteiger partial charge in [0, 0.05) is 44.2 Å². The third-order valence-corrected chi connectivity index (χ3v) is 5.91. The van der Waals surface area contributed by atoms with E-state index in [1.165, 1.54) is 0 Å². The zero-order valence-corrected chi connectivity index (χ0v) is 16.4. The van der Waals surface area contributed by atoms with Gasteiger partial charge in [-0.1, -0.05) is 6.07 Å². The summed E-state index contributed by atoms with van der Waals surface area (Å²) in [6.07, 6.45) is 3.90. The number of carbonyl (C=O) groups excluding carboxylic acids is 2. The summed E-state index contributed by atoms with van der Waals surface area (Å²) in [5.41, 5.74) is 2.30. The topological polar surface area (TPSA) is 78.5 Å². The lowest BCUT2D eigenvalue weighted by atomic mass is 9.78. The summed E-state index contributed by atoms with van der Waals surface area (Å²) in [6.45, 7) is 5.98. The van der Waals surface area contributed by atoms with E-state index in [2.05, 4.69) is 9.97 Å². The molecule has 1 saturated heterocycles. The highest BCUT2D eigenvalue weighted by molar-refractivity contribution is 5.94. The van der Waals surface area contributed by atoms with Gasteiger partial charge in [0.25, 0.3) is 5.91 Å². The lowest BCUT2D eigenvalue weighted by Gasteiger charge is -2.50. The predicted molar refractivity (Wildman–Crippen MR) is 104 cm³/mol. The zero-order chi connectivity index (χ0) is 19.7. The number of benzene rings is 1. The molecular formula is C21H26N4O3. The van der Waals surface area contributed by atoms with E-state index in [9.17, 15) is 9.59 Å². The average molecular weight is 382 g/mol. The minimum Gasteiger partial charge on any atom is -0.494 e. The molecule has 2 aromatic rings. The molecule has 28 heavy (non-hydrogen) atoms. The number of H-pyrrole nitrogens is 1. The molecule has 0 unspecified atom stereocenters. The predicted octanol–water partition coefficient (Wildman–Crippen LogP) is 2.34. The molecule has 1 aromatic heterocycles. The van der Waals surface area contributed by atoms with Crippen LogP contribution >= 0.6 is 0 Å². The van der Waals surface area contributed by atoms with Gasteiger partial charge in [0.2, 0.25) is 5.91 Å². The van der Waals surface area contributed by atoms with Gasteiger partial charge in [-0.2, -0.15) is 0 Å². The van der Waals surface area contributed by atoms with E-state index in [1.807, 2.05) is 34.9 Å². The average Bonchev–Trinajstić information content (AvgIpc) is 3.19. The van der Waals surface area contributed by atoms with E-state index in [-0.39, 0.29) is 11.8 Å². The number of piperidine rings is 1. The number of likely N-dealkylation sites (tertiary alicyclic amines) is 1. The first-order valence-electron chi connectivity index (χ1n) is 9.88. The van der Waals surface area contributed by atoms with Gasteiger partial charge < -0.3 is 19.5 Å². The van der Waals surface area contributed by atoms with Crippen LogP contribution in [-0.2, 0) is 16.8 Å². The Labute approximate surface area is 164 Å². The van der Waals surface area contributed by atoms with E-state index >= 15 is 0 Å². The fraction of sp³-hybridized carbons (Fsp3) is 0.476. The van der Waals surface area contributed by atoms with Gasteiger partial charge in [0.05, 0.1) is 24.2 Å². The van der Waals surface area contributed by atoms with Crippen LogP contribution in [0.15, 0.2) is 30.6 Å². The van der Waals surface area contributed by atoms with Crippen molar-refractivity contribution in [2.75, 3.05) is 26.2 Å². The van der Waals surface area contributed by atoms with Crippen molar-refractivity contribution in [1.82, 2.24) is 19.8 Å². The Bertz CT molecular complexity index is 883. The normalized spacial score (nSPS) is 18.1. The number of aromatic nitrogens is 2. The van der Waals surface area contributed by atoms with E-state index < -0.39 is 5.54 Å². The van der Waals surface area contributed by atoms with Crippen LogP contribution in [-0.4, -0.2) is 57.8 Å². The monoisotopic (exact) mass is 382 g/mol. The maximum atomic E-state index is 13.0. The Kier molecular flexibility index (Phi) is 4.83. The third-order valence-electron chi connectivity index (χ3n) is 5.91. The van der Waals surface area contributed by atoms with Crippen LogP contribution in [0.3, 0.4) is 0 Å². The molecular weight excluding hydrogens is 356 g/mol. The molecule has 1 N–H and O–H groups in total. The van der Waals surface area contributed by atoms with Crippen molar-refractivity contribution in [2.24, 2.45) is 0 Å². The van der Waals surface area contributed by atoms with E-state index in [4.69, 9.17) is 4.74 Å². The molecule has 0 aliphatic carbocycles. The lowest BCUT2D eigenvalue weighted by Crippen LogP contribution is -2.58. The minimum absolute atomic E-state index is 0.00355. The van der Waals surface area contributed by atoms with Gasteiger partial charge >= 0.3 is 0 Å². The fourth-order valence-electron chi connectivity index (χ4n) is 4.59. The number of nitrogens with one attached hydrogen (secondary N) is 1. The molecule has 2 aliphatic rings. The van der Waals surface area contributed by atoms with E-state index in [0.717, 1.165) is 17.8 Å². The summed E-state index contributed by atoms with van der Waals surface area (Å²) in [5, 5.41) is 0. The second-order valence-electron chi connectivity index (χ2n) is 7.43. The van der Waals surface area contributed by atoms with Crippen molar-refractivity contribution >= 4 is 11.8 Å². The van der Waals surface area contributed by atoms with Crippen molar-refractivity contribution in [3.05, 3.63) is 47.5 Å². The van der Waals surface area contributed by atoms with Gasteiger partial charge in [-0.15, -0.1) is 0 Å². The van der Waals surface area contributed by atoms with Crippen molar-refractivity contribution in [1.29, 1.82) is 0 Å². The summed E-state index contributed by atoms with van der Waals surface area (Å²) in [7, 11) is 0. The Balaban J connectivity index is 1.55. The van der Waals surface area contributed by atoms with Crippen molar-refractivity contribution < 1.29 is 14.3 Å². The fourth-order valence-corrected chi connectivity index (χ4v) is 4.59. The molecule has 2 aliphatic heterocycles. The molecule has 1 fully saturated rings. The molecule has 0 bridgehead atoms. The molecule has 148 valence electrons. The molecule has 0 saturated carbocycles. The first kappa shape index (κ1) is 18.5. The van der Waals surface area contributed by atoms with Crippen LogP contribution in [0.4, 0.5) is 0 Å². The highest BCUT2D eigenvalue weighted by Gasteiger charge is 2.48. The second-order valence-corrected chi connectivity index (χ2v) is 7.43. The van der Waals surface area contributed by atoms with E-state index in [1.54, 1.807) is 19.3 Å². The molecule has 3 heterocycles. The highest BCUT2D eigenvalue weighted by atomic mass is 16.5. The molecule has 7 heteroatoms. The number of amides is 2. The smallest absolute Gasteiger partial charge is 0.253 e. The van der Waals surface area contributed by atoms with Crippen LogP contribution in [0.2, 0.25) is 0 Å². The number of ether oxygens (including phenoxy) is 1. The number of imidazole rings is 1. The minimum atomic E-state index is -0.413. The summed E-state index contributed by atoms with van der Waals surface area (Å²) >= 11 is 0. The summed E-state index contributed by atoms with van der Waals surface area (Å²) in [5.74, 6) is 0.778. The van der Waals surface area contributed by atoms with Gasteiger partial charge in [-0.25, -0.2) is 4.98 Å². The van der Waals surface area contributed by atoms with Gasteiger partial charge in [-0.3, -0.25) is 9.59 Å². The van der Waals surface area contributed by atoms with Crippen LogP contribution in [0.25, 0.3) is 0 Å². The summed E-state index contributed by atoms with van der Waals surface area (Å²) in [6, 6.07) is 7.32. The molecule has 4 rings (SSSR count). The maximum Gasteiger partial charge on any atom is 0.253 e. The summed E-state index contributed by atoms with van der Waals surface area (Å²) in [4.78, 5) is 36.9. The SMILES string of the molecule is CCOc1cccc(C(=O)N2CCC3(CC2)c2nc[nH]c2CCN3C(C)=O)c1. The number of fused-ring (bicyclic) bond motifs is 2. The second kappa shape index (κ2) is 7.30. The van der Waals surface area contributed by atoms with Gasteiger partial charge in [-0.05, 0) is 38.0 Å². The quantitative estimate of drug-likeness (QED) is 0.884. The van der Waals surface area contributed by atoms with Crippen LogP contribution in [0.1, 0.15) is 48.4 Å². The number of aromatic amines is 1. The number of hydrogen-bond donors (Lipinski definition) is 1. The first-order valence-corrected chi connectivity index (χ1v) is 9.88. The maximum absolute atomic E-state index is 13.0. The summed E-state index contributed by atoms with van der Waals surface area (Å²) < 4.78 is 5.52. The Morgan fingerprint density at radius 1 is 1.25 bits per heavy atom. The third kappa shape index (κ3) is 3.04. The molecule has 7 nitrogen and oxygen atoms in total. The largest absolute Gasteiger partial charge is 0.494 e. The Morgan fingerprint density at radius 3 is 2.75 bits per heavy atom. The van der Waals surface area contributed by atoms with Crippen LogP contribution in [0, 0.1) is 0 Å². The molecule has 0 radical (unpaired) electrons. The zero-order valence-electron chi connectivity index (χ0n) is 16.4. The van der Waals surface area contributed by atoms with Crippen molar-refractivity contribution in [2.45, 2.75) is 38.6 Å². The van der Waals surface area contributed by atoms with Crippen molar-refractivity contribution in [3.8, 4) is 5.75 Å². The first-order chi connectivity index (χ1) is 13.5. The number of carbonyl (C=O) groups is 2. The van der Waals surface area contributed by atoms with E-state index in [0.29, 0.717) is 50.4 Å². The lowest BCUT2D eigenvalue weighted by molar-refractivity contribution is -0.139. The number of rotatable bonds is 3. The molecule has 1 aromatic carbocycles. The standard InChI is InChI=1S/C21H26N4O3/c1-3-28-17-6-4-5-16(13-17)20(27)24-11-8-21(9-12-24)19-18(22-14-23-19)7-10-25(21)15(2)26/h4-6,13-14H,3,7-12H2,1-2H3,(H,22,23). The van der Waals surface area contributed by atoms with Gasteiger partial charge in [0.1, 0.15) is 5.75 Å². The van der Waals surface area contributed by atoms with Crippen LogP contribution in [0.5, 0.6) is 5.75 Å². The van der Waals surface area contributed by atoms with Gasteiger partial charge in [0.15, 0.2) is 0 Å². The number of hydrogen-bond acceptors (Lipinski definition) is 4. The molecule has 2 amide bonds. The molecule has 1 spiro atoms.